The molecule has 2 N–H and O–H groups in total. The highest BCUT2D eigenvalue weighted by Crippen LogP contribution is 2.36. The van der Waals surface area contributed by atoms with Crippen LogP contribution in [0.4, 0.5) is 13.6 Å². The minimum Gasteiger partial charge on any atom is -0.465 e. The van der Waals surface area contributed by atoms with Crippen molar-refractivity contribution in [3.8, 4) is 0 Å². The average Bonchev–Trinajstić information content (AvgIpc) is 2.78. The smallest absolute Gasteiger partial charge is 0.408 e. The predicted molar refractivity (Wildman–Crippen MR) is 87.7 cm³/mol. The number of carboxylic acid groups (broad SMARTS) is 1. The van der Waals surface area contributed by atoms with Gasteiger partial charge < -0.3 is 15.2 Å². The highest BCUT2D eigenvalue weighted by molar-refractivity contribution is 5.86. The van der Waals surface area contributed by atoms with E-state index in [9.17, 15) is 23.5 Å². The van der Waals surface area contributed by atoms with Crippen molar-refractivity contribution in [2.75, 3.05) is 6.54 Å². The van der Waals surface area contributed by atoms with Crippen LogP contribution in [0, 0.1) is 0 Å². The fourth-order valence-electron chi connectivity index (χ4n) is 3.60. The van der Waals surface area contributed by atoms with E-state index in [2.05, 4.69) is 5.32 Å². The first-order valence-corrected chi connectivity index (χ1v) is 8.70. The van der Waals surface area contributed by atoms with Gasteiger partial charge in [-0.3, -0.25) is 4.90 Å². The van der Waals surface area contributed by atoms with Crippen molar-refractivity contribution < 1.29 is 28.2 Å². The number of halogens is 2. The Morgan fingerprint density at radius 2 is 1.76 bits per heavy atom. The Morgan fingerprint density at radius 3 is 2.24 bits per heavy atom. The number of alkyl halides is 2. The number of hydrogen-bond acceptors (Lipinski definition) is 4. The molecule has 0 aromatic heterocycles. The van der Waals surface area contributed by atoms with Crippen LogP contribution in [0.2, 0.25) is 0 Å². The molecule has 0 unspecified atom stereocenters. The summed E-state index contributed by atoms with van der Waals surface area (Å²) in [6, 6.07) is -0.341. The maximum Gasteiger partial charge on any atom is 0.408 e. The standard InChI is InChI=1S/C17H28F2N2O4/c1-15(2,3)25-13(22)16(4)9-12(10-21(16)14(23)24)20-11-5-7-17(18,19)8-6-11/h11-12,20H,5-10H2,1-4H3,(H,23,24)/t12-,16-/m0/s1. The molecule has 1 saturated heterocycles. The number of esters is 1. The summed E-state index contributed by atoms with van der Waals surface area (Å²) >= 11 is 0. The first-order valence-electron chi connectivity index (χ1n) is 8.70. The van der Waals surface area contributed by atoms with Crippen LogP contribution < -0.4 is 5.32 Å². The van der Waals surface area contributed by atoms with Crippen LogP contribution in [0.15, 0.2) is 0 Å². The number of nitrogens with zero attached hydrogens (tertiary/aromatic N) is 1. The monoisotopic (exact) mass is 362 g/mol. The summed E-state index contributed by atoms with van der Waals surface area (Å²) in [5.41, 5.74) is -2.00. The molecule has 8 heteroatoms. The van der Waals surface area contributed by atoms with Gasteiger partial charge in [-0.25, -0.2) is 18.4 Å². The summed E-state index contributed by atoms with van der Waals surface area (Å²) in [7, 11) is 0. The molecule has 2 rings (SSSR count). The molecule has 2 atom stereocenters. The van der Waals surface area contributed by atoms with Crippen LogP contribution in [0.5, 0.6) is 0 Å². The van der Waals surface area contributed by atoms with Gasteiger partial charge in [0.1, 0.15) is 11.1 Å². The molecule has 2 aliphatic rings. The summed E-state index contributed by atoms with van der Waals surface area (Å²) in [4.78, 5) is 25.3. The molecule has 0 aromatic rings. The van der Waals surface area contributed by atoms with E-state index in [1.165, 1.54) is 0 Å². The van der Waals surface area contributed by atoms with Crippen molar-refractivity contribution in [1.29, 1.82) is 0 Å². The number of ether oxygens (including phenoxy) is 1. The first kappa shape index (κ1) is 19.9. The molecule has 25 heavy (non-hydrogen) atoms. The van der Waals surface area contributed by atoms with E-state index in [4.69, 9.17) is 4.74 Å². The van der Waals surface area contributed by atoms with Gasteiger partial charge in [-0.05, 0) is 47.0 Å². The van der Waals surface area contributed by atoms with Crippen molar-refractivity contribution in [2.45, 2.75) is 88.9 Å². The normalized spacial score (nSPS) is 30.3. The van der Waals surface area contributed by atoms with E-state index < -0.39 is 29.1 Å². The number of hydrogen-bond donors (Lipinski definition) is 2. The van der Waals surface area contributed by atoms with Gasteiger partial charge in [-0.1, -0.05) is 0 Å². The molecule has 0 radical (unpaired) electrons. The molecule has 6 nitrogen and oxygen atoms in total. The fourth-order valence-corrected chi connectivity index (χ4v) is 3.60. The van der Waals surface area contributed by atoms with Crippen molar-refractivity contribution in [3.63, 3.8) is 0 Å². The third-order valence-electron chi connectivity index (χ3n) is 4.90. The van der Waals surface area contributed by atoms with E-state index in [1.807, 2.05) is 0 Å². The van der Waals surface area contributed by atoms with E-state index in [0.717, 1.165) is 4.90 Å². The van der Waals surface area contributed by atoms with E-state index in [0.29, 0.717) is 12.8 Å². The number of nitrogens with one attached hydrogen (secondary N) is 1. The van der Waals surface area contributed by atoms with E-state index in [1.54, 1.807) is 27.7 Å². The lowest BCUT2D eigenvalue weighted by Crippen LogP contribution is -2.52. The Balaban J connectivity index is 2.04. The van der Waals surface area contributed by atoms with Crippen LogP contribution in [-0.2, 0) is 9.53 Å². The van der Waals surface area contributed by atoms with Crippen molar-refractivity contribution in [2.24, 2.45) is 0 Å². The van der Waals surface area contributed by atoms with Gasteiger partial charge in [-0.15, -0.1) is 0 Å². The summed E-state index contributed by atoms with van der Waals surface area (Å²) in [6.45, 7) is 6.88. The number of amides is 1. The molecular formula is C17H28F2N2O4. The van der Waals surface area contributed by atoms with Gasteiger partial charge >= 0.3 is 12.1 Å². The zero-order chi connectivity index (χ0) is 19.0. The van der Waals surface area contributed by atoms with Gasteiger partial charge in [0.25, 0.3) is 0 Å². The zero-order valence-corrected chi connectivity index (χ0v) is 15.3. The SMILES string of the molecule is CC(C)(C)OC(=O)[C@]1(C)C[C@H](NC2CCC(F)(F)CC2)CN1C(=O)O. The van der Waals surface area contributed by atoms with Gasteiger partial charge in [0.05, 0.1) is 0 Å². The lowest BCUT2D eigenvalue weighted by atomic mass is 9.91. The highest BCUT2D eigenvalue weighted by Gasteiger charge is 2.52. The number of carbonyl (C=O) groups is 2. The summed E-state index contributed by atoms with van der Waals surface area (Å²) < 4.78 is 31.9. The molecule has 0 aromatic carbocycles. The zero-order valence-electron chi connectivity index (χ0n) is 15.3. The quantitative estimate of drug-likeness (QED) is 0.755. The Labute approximate surface area is 146 Å². The number of carbonyl (C=O) groups excluding carboxylic acids is 1. The number of likely N-dealkylation sites (tertiary alicyclic amines) is 1. The minimum absolute atomic E-state index is 0.0822. The topological polar surface area (TPSA) is 78.9 Å². The van der Waals surface area contributed by atoms with Crippen molar-refractivity contribution >= 4 is 12.1 Å². The van der Waals surface area contributed by atoms with Gasteiger partial charge in [0, 0.05) is 31.5 Å². The highest BCUT2D eigenvalue weighted by atomic mass is 19.3. The summed E-state index contributed by atoms with van der Waals surface area (Å²) in [5.74, 6) is -3.19. The minimum atomic E-state index is -2.61. The van der Waals surface area contributed by atoms with E-state index >= 15 is 0 Å². The third kappa shape index (κ3) is 4.80. The maximum atomic E-state index is 13.3. The summed E-state index contributed by atoms with van der Waals surface area (Å²) in [6.07, 6.45) is -0.555. The molecule has 1 aliphatic carbocycles. The second-order valence-corrected chi connectivity index (χ2v) is 8.37. The third-order valence-corrected chi connectivity index (χ3v) is 4.90. The molecule has 0 spiro atoms. The molecule has 1 heterocycles. The van der Waals surface area contributed by atoms with Gasteiger partial charge in [0.15, 0.2) is 0 Å². The van der Waals surface area contributed by atoms with Crippen LogP contribution in [0.3, 0.4) is 0 Å². The molecule has 144 valence electrons. The molecule has 1 saturated carbocycles. The van der Waals surface area contributed by atoms with Crippen LogP contribution in [0.25, 0.3) is 0 Å². The average molecular weight is 362 g/mol. The lowest BCUT2D eigenvalue weighted by molar-refractivity contribution is -0.166. The van der Waals surface area contributed by atoms with Crippen LogP contribution >= 0.6 is 0 Å². The molecule has 1 aliphatic heterocycles. The maximum absolute atomic E-state index is 13.3. The first-order chi connectivity index (χ1) is 11.3. The lowest BCUT2D eigenvalue weighted by Gasteiger charge is -2.33. The second kappa shape index (κ2) is 6.70. The van der Waals surface area contributed by atoms with Crippen LogP contribution in [0.1, 0.15) is 59.8 Å². The molecule has 2 fully saturated rings. The largest absolute Gasteiger partial charge is 0.465 e. The molecular weight excluding hydrogens is 334 g/mol. The molecule has 0 bridgehead atoms. The molecule has 1 amide bonds. The Bertz CT molecular complexity index is 525. The van der Waals surface area contributed by atoms with E-state index in [-0.39, 0.29) is 37.9 Å². The number of rotatable bonds is 3. The Hall–Kier alpha value is -1.44. The van der Waals surface area contributed by atoms with Gasteiger partial charge in [-0.2, -0.15) is 0 Å². The van der Waals surface area contributed by atoms with Crippen molar-refractivity contribution in [3.05, 3.63) is 0 Å². The van der Waals surface area contributed by atoms with Gasteiger partial charge in [0.2, 0.25) is 5.92 Å². The Morgan fingerprint density at radius 1 is 1.20 bits per heavy atom. The fraction of sp³-hybridized carbons (Fsp3) is 0.882. The predicted octanol–water partition coefficient (Wildman–Crippen LogP) is 3.01. The summed E-state index contributed by atoms with van der Waals surface area (Å²) in [5, 5.41) is 12.7. The Kier molecular flexibility index (Phi) is 5.33. The van der Waals surface area contributed by atoms with Crippen molar-refractivity contribution in [1.82, 2.24) is 10.2 Å². The van der Waals surface area contributed by atoms with Crippen LogP contribution in [-0.4, -0.2) is 57.8 Å². The second-order valence-electron chi connectivity index (χ2n) is 8.37.